The normalized spacial score (nSPS) is 10.6. The van der Waals surface area contributed by atoms with E-state index in [1.54, 1.807) is 18.2 Å². The molecule has 0 unspecified atom stereocenters. The van der Waals surface area contributed by atoms with Gasteiger partial charge < -0.3 is 14.9 Å². The molecule has 0 saturated carbocycles. The molecule has 4 heteroatoms. The van der Waals surface area contributed by atoms with Crippen molar-refractivity contribution in [1.82, 2.24) is 0 Å². The van der Waals surface area contributed by atoms with Crippen LogP contribution in [0.4, 0.5) is 0 Å². The number of aliphatic hydroxyl groups excluding tert-OH is 1. The van der Waals surface area contributed by atoms with Crippen molar-refractivity contribution in [2.24, 2.45) is 0 Å². The lowest BCUT2D eigenvalue weighted by Crippen LogP contribution is -2.01. The van der Waals surface area contributed by atoms with Crippen LogP contribution >= 0.6 is 0 Å². The van der Waals surface area contributed by atoms with Crippen LogP contribution in [0, 0.1) is 6.92 Å². The predicted octanol–water partition coefficient (Wildman–Crippen LogP) is 2.37. The maximum absolute atomic E-state index is 10.8. The van der Waals surface area contributed by atoms with E-state index >= 15 is 0 Å². The summed E-state index contributed by atoms with van der Waals surface area (Å²) < 4.78 is 5.52. The van der Waals surface area contributed by atoms with Crippen LogP contribution in [0.5, 0.6) is 0 Å². The molecule has 18 heavy (non-hydrogen) atoms. The average Bonchev–Trinajstić information content (AvgIpc) is 2.35. The maximum Gasteiger partial charge on any atom is 0.335 e. The van der Waals surface area contributed by atoms with Gasteiger partial charge in [-0.2, -0.15) is 0 Å². The molecule has 0 saturated heterocycles. The van der Waals surface area contributed by atoms with Crippen molar-refractivity contribution >= 4 is 5.97 Å². The van der Waals surface area contributed by atoms with Crippen molar-refractivity contribution in [1.29, 1.82) is 0 Å². The standard InChI is InChI=1S/C14H20O4/c1-11-9-12(14(16)17)5-6-13(11)10-18-8-4-2-3-7-15/h5-6,9,15H,2-4,7-8,10H2,1H3,(H,16,17). The minimum absolute atomic E-state index is 0.232. The number of rotatable bonds is 8. The summed E-state index contributed by atoms with van der Waals surface area (Å²) in [7, 11) is 0. The number of carboxylic acids is 1. The first-order valence-corrected chi connectivity index (χ1v) is 6.16. The van der Waals surface area contributed by atoms with E-state index in [0.717, 1.165) is 30.4 Å². The van der Waals surface area contributed by atoms with Crippen molar-refractivity contribution in [3.05, 3.63) is 34.9 Å². The minimum Gasteiger partial charge on any atom is -0.478 e. The fourth-order valence-electron chi connectivity index (χ4n) is 1.67. The molecule has 0 aliphatic rings. The number of aromatic carboxylic acids is 1. The molecule has 0 aliphatic carbocycles. The highest BCUT2D eigenvalue weighted by Gasteiger charge is 2.05. The minimum atomic E-state index is -0.908. The smallest absolute Gasteiger partial charge is 0.335 e. The van der Waals surface area contributed by atoms with Crippen LogP contribution in [0.1, 0.15) is 40.7 Å². The number of carboxylic acid groups (broad SMARTS) is 1. The van der Waals surface area contributed by atoms with Crippen LogP contribution in [0.15, 0.2) is 18.2 Å². The fraction of sp³-hybridized carbons (Fsp3) is 0.500. The van der Waals surface area contributed by atoms with Crippen LogP contribution in [-0.2, 0) is 11.3 Å². The predicted molar refractivity (Wildman–Crippen MR) is 68.7 cm³/mol. The zero-order valence-corrected chi connectivity index (χ0v) is 10.7. The van der Waals surface area contributed by atoms with E-state index in [0.29, 0.717) is 18.8 Å². The summed E-state index contributed by atoms with van der Waals surface area (Å²) in [5.74, 6) is -0.908. The molecule has 0 amide bonds. The Kier molecular flexibility index (Phi) is 6.39. The molecular weight excluding hydrogens is 232 g/mol. The van der Waals surface area contributed by atoms with Crippen molar-refractivity contribution in [3.63, 3.8) is 0 Å². The number of hydrogen-bond acceptors (Lipinski definition) is 3. The van der Waals surface area contributed by atoms with Crippen molar-refractivity contribution < 1.29 is 19.7 Å². The summed E-state index contributed by atoms with van der Waals surface area (Å²) in [6.07, 6.45) is 2.72. The first kappa shape index (κ1) is 14.7. The Bertz CT molecular complexity index is 387. The summed E-state index contributed by atoms with van der Waals surface area (Å²) in [4.78, 5) is 10.8. The molecule has 1 rings (SSSR count). The molecule has 0 aliphatic heterocycles. The molecule has 1 aromatic rings. The lowest BCUT2D eigenvalue weighted by atomic mass is 10.1. The van der Waals surface area contributed by atoms with E-state index in [-0.39, 0.29) is 6.61 Å². The van der Waals surface area contributed by atoms with E-state index < -0.39 is 5.97 Å². The van der Waals surface area contributed by atoms with Crippen molar-refractivity contribution in [2.45, 2.75) is 32.8 Å². The van der Waals surface area contributed by atoms with Gasteiger partial charge in [0, 0.05) is 13.2 Å². The molecule has 1 aromatic carbocycles. The Morgan fingerprint density at radius 3 is 2.67 bits per heavy atom. The van der Waals surface area contributed by atoms with Gasteiger partial charge in [0.15, 0.2) is 0 Å². The van der Waals surface area contributed by atoms with Crippen LogP contribution in [0.25, 0.3) is 0 Å². The first-order chi connectivity index (χ1) is 8.65. The Balaban J connectivity index is 2.36. The molecule has 0 heterocycles. The van der Waals surface area contributed by atoms with Gasteiger partial charge in [-0.15, -0.1) is 0 Å². The van der Waals surface area contributed by atoms with Crippen LogP contribution in [0.2, 0.25) is 0 Å². The lowest BCUT2D eigenvalue weighted by Gasteiger charge is -2.08. The van der Waals surface area contributed by atoms with Crippen LogP contribution in [0.3, 0.4) is 0 Å². The number of unbranched alkanes of at least 4 members (excludes halogenated alkanes) is 2. The molecule has 0 spiro atoms. The van der Waals surface area contributed by atoms with E-state index in [9.17, 15) is 4.79 Å². The van der Waals surface area contributed by atoms with Crippen LogP contribution in [-0.4, -0.2) is 29.4 Å². The Labute approximate surface area is 107 Å². The van der Waals surface area contributed by atoms with E-state index in [2.05, 4.69) is 0 Å². The van der Waals surface area contributed by atoms with Gasteiger partial charge >= 0.3 is 5.97 Å². The van der Waals surface area contributed by atoms with Gasteiger partial charge in [-0.05, 0) is 49.4 Å². The fourth-order valence-corrected chi connectivity index (χ4v) is 1.67. The second-order valence-electron chi connectivity index (χ2n) is 4.28. The summed E-state index contributed by atoms with van der Waals surface area (Å²) in [5, 5.41) is 17.5. The number of carbonyl (C=O) groups is 1. The summed E-state index contributed by atoms with van der Waals surface area (Å²) in [6.45, 7) is 3.29. The second kappa shape index (κ2) is 7.84. The second-order valence-corrected chi connectivity index (χ2v) is 4.28. The lowest BCUT2D eigenvalue weighted by molar-refractivity contribution is 0.0696. The van der Waals surface area contributed by atoms with Gasteiger partial charge in [-0.1, -0.05) is 6.07 Å². The van der Waals surface area contributed by atoms with Gasteiger partial charge in [0.05, 0.1) is 12.2 Å². The van der Waals surface area contributed by atoms with E-state index in [1.165, 1.54) is 0 Å². The molecule has 0 bridgehead atoms. The largest absolute Gasteiger partial charge is 0.478 e. The highest BCUT2D eigenvalue weighted by molar-refractivity contribution is 5.87. The Morgan fingerprint density at radius 2 is 2.06 bits per heavy atom. The molecule has 0 radical (unpaired) electrons. The van der Waals surface area contributed by atoms with Gasteiger partial charge in [-0.3, -0.25) is 0 Å². The average molecular weight is 252 g/mol. The summed E-state index contributed by atoms with van der Waals surface area (Å²) in [6, 6.07) is 5.05. The van der Waals surface area contributed by atoms with Gasteiger partial charge in [-0.25, -0.2) is 4.79 Å². The van der Waals surface area contributed by atoms with Crippen molar-refractivity contribution in [3.8, 4) is 0 Å². The third kappa shape index (κ3) is 4.85. The quantitative estimate of drug-likeness (QED) is 0.697. The number of hydrogen-bond donors (Lipinski definition) is 2. The van der Waals surface area contributed by atoms with Crippen molar-refractivity contribution in [2.75, 3.05) is 13.2 Å². The summed E-state index contributed by atoms with van der Waals surface area (Å²) >= 11 is 0. The number of aliphatic hydroxyl groups is 1. The summed E-state index contributed by atoms with van der Waals surface area (Å²) in [5.41, 5.74) is 2.26. The molecular formula is C14H20O4. The molecule has 4 nitrogen and oxygen atoms in total. The maximum atomic E-state index is 10.8. The topological polar surface area (TPSA) is 66.8 Å². The van der Waals surface area contributed by atoms with Gasteiger partial charge in [0.1, 0.15) is 0 Å². The SMILES string of the molecule is Cc1cc(C(=O)O)ccc1COCCCCCO. The Morgan fingerprint density at radius 1 is 1.28 bits per heavy atom. The number of ether oxygens (including phenoxy) is 1. The zero-order valence-electron chi connectivity index (χ0n) is 10.7. The molecule has 0 fully saturated rings. The molecule has 0 aromatic heterocycles. The monoisotopic (exact) mass is 252 g/mol. The highest BCUT2D eigenvalue weighted by Crippen LogP contribution is 2.12. The molecule has 2 N–H and O–H groups in total. The number of aryl methyl sites for hydroxylation is 1. The Hall–Kier alpha value is -1.39. The van der Waals surface area contributed by atoms with Gasteiger partial charge in [0.2, 0.25) is 0 Å². The van der Waals surface area contributed by atoms with Gasteiger partial charge in [0.25, 0.3) is 0 Å². The third-order valence-corrected chi connectivity index (χ3v) is 2.79. The molecule has 100 valence electrons. The third-order valence-electron chi connectivity index (χ3n) is 2.79. The zero-order chi connectivity index (χ0) is 13.4. The molecule has 0 atom stereocenters. The number of benzene rings is 1. The highest BCUT2D eigenvalue weighted by atomic mass is 16.5. The van der Waals surface area contributed by atoms with Crippen LogP contribution < -0.4 is 0 Å². The van der Waals surface area contributed by atoms with E-state index in [1.807, 2.05) is 6.92 Å². The first-order valence-electron chi connectivity index (χ1n) is 6.16. The van der Waals surface area contributed by atoms with E-state index in [4.69, 9.17) is 14.9 Å².